The van der Waals surface area contributed by atoms with E-state index in [1.165, 1.54) is 6.07 Å². The Balaban J connectivity index is 1.71. The standard InChI is InChI=1S/C14H12F6N6/c15-13(16,17)7-26-4-3-9(25-26)6-21-24-12-22-10(8-1-2-8)5-11(23-12)14(18,19)20/h3-6,8H,1-2,7H2,(H,22,23,24)/b21-6+. The topological polar surface area (TPSA) is 68.0 Å². The summed E-state index contributed by atoms with van der Waals surface area (Å²) in [6, 6.07) is 2.19. The summed E-state index contributed by atoms with van der Waals surface area (Å²) in [5.41, 5.74) is 1.55. The Morgan fingerprint density at radius 2 is 1.92 bits per heavy atom. The average molecular weight is 378 g/mol. The molecule has 0 aliphatic heterocycles. The first-order valence-electron chi connectivity index (χ1n) is 7.45. The summed E-state index contributed by atoms with van der Waals surface area (Å²) in [6.07, 6.45) is -5.34. The van der Waals surface area contributed by atoms with E-state index in [-0.39, 0.29) is 23.3 Å². The van der Waals surface area contributed by atoms with Gasteiger partial charge in [0.05, 0.1) is 6.21 Å². The van der Waals surface area contributed by atoms with Gasteiger partial charge in [0.2, 0.25) is 5.95 Å². The van der Waals surface area contributed by atoms with Crippen molar-refractivity contribution < 1.29 is 26.3 Å². The van der Waals surface area contributed by atoms with Crippen LogP contribution in [0.4, 0.5) is 32.3 Å². The molecule has 26 heavy (non-hydrogen) atoms. The molecule has 0 atom stereocenters. The number of halogens is 6. The number of alkyl halides is 6. The number of nitrogens with one attached hydrogen (secondary N) is 1. The van der Waals surface area contributed by atoms with Gasteiger partial charge in [0.25, 0.3) is 0 Å². The van der Waals surface area contributed by atoms with Crippen molar-refractivity contribution in [1.82, 2.24) is 19.7 Å². The molecule has 6 nitrogen and oxygen atoms in total. The summed E-state index contributed by atoms with van der Waals surface area (Å²) in [6.45, 7) is -1.25. The molecule has 1 saturated carbocycles. The number of hydrogen-bond donors (Lipinski definition) is 1. The van der Waals surface area contributed by atoms with E-state index in [4.69, 9.17) is 0 Å². The van der Waals surface area contributed by atoms with E-state index in [0.29, 0.717) is 4.68 Å². The zero-order valence-electron chi connectivity index (χ0n) is 13.0. The van der Waals surface area contributed by atoms with E-state index in [9.17, 15) is 26.3 Å². The molecule has 140 valence electrons. The fourth-order valence-electron chi connectivity index (χ4n) is 2.12. The van der Waals surface area contributed by atoms with Crippen LogP contribution in [-0.2, 0) is 12.7 Å². The van der Waals surface area contributed by atoms with Gasteiger partial charge in [-0.1, -0.05) is 0 Å². The van der Waals surface area contributed by atoms with Crippen LogP contribution in [0.25, 0.3) is 0 Å². The first kappa shape index (κ1) is 18.1. The Kier molecular flexibility index (Phi) is 4.59. The minimum absolute atomic E-state index is 0.0262. The molecule has 0 unspecified atom stereocenters. The van der Waals surface area contributed by atoms with Gasteiger partial charge in [0.1, 0.15) is 17.9 Å². The molecule has 1 aliphatic carbocycles. The van der Waals surface area contributed by atoms with Gasteiger partial charge in [-0.05, 0) is 25.0 Å². The maximum atomic E-state index is 12.9. The van der Waals surface area contributed by atoms with Crippen LogP contribution in [0.15, 0.2) is 23.4 Å². The molecule has 3 rings (SSSR count). The molecule has 0 aromatic carbocycles. The highest BCUT2D eigenvalue weighted by atomic mass is 19.4. The van der Waals surface area contributed by atoms with Gasteiger partial charge >= 0.3 is 12.4 Å². The van der Waals surface area contributed by atoms with Crippen molar-refractivity contribution in [2.45, 2.75) is 37.7 Å². The second-order valence-corrected chi connectivity index (χ2v) is 5.70. The lowest BCUT2D eigenvalue weighted by Crippen LogP contribution is -2.18. The van der Waals surface area contributed by atoms with Crippen molar-refractivity contribution in [3.63, 3.8) is 0 Å². The highest BCUT2D eigenvalue weighted by molar-refractivity contribution is 5.77. The SMILES string of the molecule is FC(F)(F)Cn1ccc(/C=N/Nc2nc(C3CC3)cc(C(F)(F)F)n2)n1. The molecule has 0 spiro atoms. The van der Waals surface area contributed by atoms with E-state index in [2.05, 4.69) is 25.6 Å². The third kappa shape index (κ3) is 4.92. The van der Waals surface area contributed by atoms with Gasteiger partial charge < -0.3 is 0 Å². The minimum atomic E-state index is -4.62. The van der Waals surface area contributed by atoms with Gasteiger partial charge in [-0.3, -0.25) is 4.68 Å². The van der Waals surface area contributed by atoms with Crippen LogP contribution in [0.3, 0.4) is 0 Å². The van der Waals surface area contributed by atoms with E-state index in [1.807, 2.05) is 0 Å². The molecule has 1 aliphatic rings. The lowest BCUT2D eigenvalue weighted by molar-refractivity contribution is -0.143. The van der Waals surface area contributed by atoms with Crippen LogP contribution >= 0.6 is 0 Å². The lowest BCUT2D eigenvalue weighted by atomic mass is 10.2. The highest BCUT2D eigenvalue weighted by Gasteiger charge is 2.36. The van der Waals surface area contributed by atoms with Crippen molar-refractivity contribution in [3.05, 3.63) is 35.4 Å². The summed E-state index contributed by atoms with van der Waals surface area (Å²) in [5, 5.41) is 7.27. The van der Waals surface area contributed by atoms with Gasteiger partial charge in [0, 0.05) is 17.8 Å². The second-order valence-electron chi connectivity index (χ2n) is 5.70. The molecule has 0 bridgehead atoms. The maximum absolute atomic E-state index is 12.9. The van der Waals surface area contributed by atoms with Crippen LogP contribution in [0.2, 0.25) is 0 Å². The third-order valence-corrected chi connectivity index (χ3v) is 3.40. The Bertz CT molecular complexity index is 805. The smallest absolute Gasteiger partial charge is 0.263 e. The molecule has 2 aromatic rings. The zero-order chi connectivity index (χ0) is 18.9. The van der Waals surface area contributed by atoms with Crippen molar-refractivity contribution in [1.29, 1.82) is 0 Å². The largest absolute Gasteiger partial charge is 0.433 e. The number of nitrogens with zero attached hydrogens (tertiary/aromatic N) is 5. The number of hydrogen-bond acceptors (Lipinski definition) is 5. The van der Waals surface area contributed by atoms with Crippen LogP contribution in [0.5, 0.6) is 0 Å². The summed E-state index contributed by atoms with van der Waals surface area (Å²) in [7, 11) is 0. The first-order chi connectivity index (χ1) is 12.1. The van der Waals surface area contributed by atoms with E-state index < -0.39 is 24.6 Å². The number of aromatic nitrogens is 4. The Hall–Kier alpha value is -2.66. The van der Waals surface area contributed by atoms with Gasteiger partial charge in [-0.25, -0.2) is 15.4 Å². The molecule has 2 heterocycles. The van der Waals surface area contributed by atoms with Gasteiger partial charge in [0.15, 0.2) is 0 Å². The molecule has 1 N–H and O–H groups in total. The molecule has 1 fully saturated rings. The summed E-state index contributed by atoms with van der Waals surface area (Å²) >= 11 is 0. The number of anilines is 1. The molecular weight excluding hydrogens is 366 g/mol. The fourth-order valence-corrected chi connectivity index (χ4v) is 2.12. The van der Waals surface area contributed by atoms with Crippen LogP contribution in [0, 0.1) is 0 Å². The molecule has 0 radical (unpaired) electrons. The van der Waals surface area contributed by atoms with Crippen LogP contribution < -0.4 is 5.43 Å². The number of hydrazone groups is 1. The quantitative estimate of drug-likeness (QED) is 0.491. The maximum Gasteiger partial charge on any atom is 0.433 e. The fraction of sp³-hybridized carbons (Fsp3) is 0.429. The molecule has 0 amide bonds. The van der Waals surface area contributed by atoms with Crippen molar-refractivity contribution >= 4 is 12.2 Å². The van der Waals surface area contributed by atoms with Crippen molar-refractivity contribution in [2.75, 3.05) is 5.43 Å². The third-order valence-electron chi connectivity index (χ3n) is 3.40. The van der Waals surface area contributed by atoms with Gasteiger partial charge in [-0.15, -0.1) is 0 Å². The van der Waals surface area contributed by atoms with E-state index in [1.54, 1.807) is 0 Å². The Morgan fingerprint density at radius 1 is 1.19 bits per heavy atom. The molecule has 0 saturated heterocycles. The Labute approximate surface area is 142 Å². The average Bonchev–Trinajstić information content (AvgIpc) is 3.27. The predicted octanol–water partition coefficient (Wildman–Crippen LogP) is 3.58. The first-order valence-corrected chi connectivity index (χ1v) is 7.45. The predicted molar refractivity (Wildman–Crippen MR) is 78.5 cm³/mol. The minimum Gasteiger partial charge on any atom is -0.263 e. The molecular formula is C14H12F6N6. The van der Waals surface area contributed by atoms with Crippen LogP contribution in [0.1, 0.15) is 35.8 Å². The summed E-state index contributed by atoms with van der Waals surface area (Å²) in [4.78, 5) is 7.35. The van der Waals surface area contributed by atoms with E-state index in [0.717, 1.165) is 31.3 Å². The van der Waals surface area contributed by atoms with Gasteiger partial charge in [-0.2, -0.15) is 36.5 Å². The van der Waals surface area contributed by atoms with E-state index >= 15 is 0 Å². The van der Waals surface area contributed by atoms with Crippen molar-refractivity contribution in [2.24, 2.45) is 5.10 Å². The molecule has 2 aromatic heterocycles. The summed E-state index contributed by atoms with van der Waals surface area (Å²) in [5.74, 6) is -0.366. The van der Waals surface area contributed by atoms with Crippen molar-refractivity contribution in [3.8, 4) is 0 Å². The zero-order valence-corrected chi connectivity index (χ0v) is 13.0. The second kappa shape index (κ2) is 6.57. The lowest BCUT2D eigenvalue weighted by Gasteiger charge is -2.09. The highest BCUT2D eigenvalue weighted by Crippen LogP contribution is 2.41. The van der Waals surface area contributed by atoms with Crippen LogP contribution in [-0.4, -0.2) is 32.1 Å². The number of rotatable bonds is 5. The Morgan fingerprint density at radius 3 is 2.54 bits per heavy atom. The molecule has 12 heteroatoms. The summed E-state index contributed by atoms with van der Waals surface area (Å²) < 4.78 is 76.1. The normalized spacial score (nSPS) is 15.6. The monoisotopic (exact) mass is 378 g/mol.